The SMILES string of the molecule is COc1ccccc1Nc1nncc(NC2CCS(=O)(=O)C2)n1. The van der Waals surface area contributed by atoms with E-state index in [2.05, 4.69) is 25.8 Å². The third-order valence-corrected chi connectivity index (χ3v) is 5.26. The number of aromatic nitrogens is 3. The van der Waals surface area contributed by atoms with Crippen LogP contribution in [-0.4, -0.2) is 48.3 Å². The van der Waals surface area contributed by atoms with Crippen molar-refractivity contribution in [3.05, 3.63) is 30.5 Å². The van der Waals surface area contributed by atoms with Gasteiger partial charge in [0.2, 0.25) is 5.95 Å². The fourth-order valence-corrected chi connectivity index (χ4v) is 4.09. The van der Waals surface area contributed by atoms with Crippen LogP contribution in [0.4, 0.5) is 17.5 Å². The molecule has 122 valence electrons. The number of nitrogens with one attached hydrogen (secondary N) is 2. The van der Waals surface area contributed by atoms with E-state index in [1.807, 2.05) is 24.3 Å². The lowest BCUT2D eigenvalue weighted by Crippen LogP contribution is -2.21. The molecular weight excluding hydrogens is 318 g/mol. The van der Waals surface area contributed by atoms with E-state index in [0.29, 0.717) is 23.9 Å². The van der Waals surface area contributed by atoms with Crippen LogP contribution in [-0.2, 0) is 9.84 Å². The van der Waals surface area contributed by atoms with Crippen molar-refractivity contribution in [3.63, 3.8) is 0 Å². The summed E-state index contributed by atoms with van der Waals surface area (Å²) in [5, 5.41) is 13.9. The number of nitrogens with zero attached hydrogens (tertiary/aromatic N) is 3. The number of benzene rings is 1. The molecule has 0 saturated carbocycles. The van der Waals surface area contributed by atoms with Crippen LogP contribution >= 0.6 is 0 Å². The summed E-state index contributed by atoms with van der Waals surface area (Å²) < 4.78 is 28.2. The molecule has 3 rings (SSSR count). The molecule has 1 saturated heterocycles. The summed E-state index contributed by atoms with van der Waals surface area (Å²) in [6.07, 6.45) is 2.04. The van der Waals surface area contributed by atoms with Gasteiger partial charge in [0.05, 0.1) is 30.5 Å². The van der Waals surface area contributed by atoms with Crippen LogP contribution in [0.25, 0.3) is 0 Å². The quantitative estimate of drug-likeness (QED) is 0.840. The highest BCUT2D eigenvalue weighted by atomic mass is 32.2. The molecule has 2 aromatic rings. The van der Waals surface area contributed by atoms with E-state index in [9.17, 15) is 8.42 Å². The number of hydrogen-bond acceptors (Lipinski definition) is 8. The molecule has 1 atom stereocenters. The first-order chi connectivity index (χ1) is 11.1. The van der Waals surface area contributed by atoms with Crippen molar-refractivity contribution < 1.29 is 13.2 Å². The summed E-state index contributed by atoms with van der Waals surface area (Å²) in [5.74, 6) is 1.78. The van der Waals surface area contributed by atoms with E-state index in [-0.39, 0.29) is 17.5 Å². The Bertz CT molecular complexity index is 797. The predicted molar refractivity (Wildman–Crippen MR) is 86.8 cm³/mol. The van der Waals surface area contributed by atoms with E-state index in [0.717, 1.165) is 5.69 Å². The first-order valence-electron chi connectivity index (χ1n) is 7.12. The molecular formula is C14H17N5O3S. The highest BCUT2D eigenvalue weighted by Crippen LogP contribution is 2.25. The van der Waals surface area contributed by atoms with Gasteiger partial charge in [-0.1, -0.05) is 12.1 Å². The van der Waals surface area contributed by atoms with Crippen LogP contribution in [0.5, 0.6) is 5.75 Å². The largest absolute Gasteiger partial charge is 0.495 e. The first-order valence-corrected chi connectivity index (χ1v) is 8.94. The Hall–Kier alpha value is -2.42. The number of rotatable bonds is 5. The number of methoxy groups -OCH3 is 1. The standard InChI is InChI=1S/C14H17N5O3S/c1-22-12-5-3-2-4-11(12)17-14-18-13(8-15-19-14)16-10-6-7-23(20,21)9-10/h2-5,8,10H,6-7,9H2,1H3,(H2,16,17,18,19). The Morgan fingerprint density at radius 1 is 1.30 bits per heavy atom. The van der Waals surface area contributed by atoms with Gasteiger partial charge in [-0.2, -0.15) is 10.1 Å². The van der Waals surface area contributed by atoms with E-state index in [1.54, 1.807) is 7.11 Å². The van der Waals surface area contributed by atoms with Crippen LogP contribution in [0.1, 0.15) is 6.42 Å². The van der Waals surface area contributed by atoms with Crippen molar-refractivity contribution in [2.24, 2.45) is 0 Å². The molecule has 0 bridgehead atoms. The lowest BCUT2D eigenvalue weighted by atomic mass is 10.3. The normalized spacial score (nSPS) is 19.3. The van der Waals surface area contributed by atoms with E-state index < -0.39 is 9.84 Å². The number of ether oxygens (including phenoxy) is 1. The highest BCUT2D eigenvalue weighted by Gasteiger charge is 2.28. The minimum atomic E-state index is -2.94. The minimum Gasteiger partial charge on any atom is -0.495 e. The Morgan fingerprint density at radius 3 is 2.87 bits per heavy atom. The minimum absolute atomic E-state index is 0.117. The highest BCUT2D eigenvalue weighted by molar-refractivity contribution is 7.91. The first kappa shape index (κ1) is 15.5. The van der Waals surface area contributed by atoms with Crippen LogP contribution in [0, 0.1) is 0 Å². The van der Waals surface area contributed by atoms with Crippen molar-refractivity contribution in [1.82, 2.24) is 15.2 Å². The van der Waals surface area contributed by atoms with Crippen LogP contribution in [0.15, 0.2) is 30.5 Å². The molecule has 8 nitrogen and oxygen atoms in total. The Labute approximate surface area is 134 Å². The molecule has 1 aliphatic rings. The average Bonchev–Trinajstić information content (AvgIpc) is 2.87. The van der Waals surface area contributed by atoms with Gasteiger partial charge in [0.25, 0.3) is 0 Å². The van der Waals surface area contributed by atoms with Crippen LogP contribution < -0.4 is 15.4 Å². The summed E-state index contributed by atoms with van der Waals surface area (Å²) in [7, 11) is -1.36. The van der Waals surface area contributed by atoms with Crippen molar-refractivity contribution in [3.8, 4) is 5.75 Å². The van der Waals surface area contributed by atoms with E-state index in [4.69, 9.17) is 4.74 Å². The molecule has 1 unspecified atom stereocenters. The fraction of sp³-hybridized carbons (Fsp3) is 0.357. The van der Waals surface area contributed by atoms with Gasteiger partial charge in [-0.15, -0.1) is 5.10 Å². The molecule has 0 radical (unpaired) electrons. The molecule has 1 aromatic heterocycles. The van der Waals surface area contributed by atoms with Gasteiger partial charge in [0.15, 0.2) is 15.7 Å². The molecule has 0 aliphatic carbocycles. The Balaban J connectivity index is 1.73. The van der Waals surface area contributed by atoms with Crippen molar-refractivity contribution in [2.75, 3.05) is 29.2 Å². The molecule has 1 aliphatic heterocycles. The molecule has 1 fully saturated rings. The molecule has 0 spiro atoms. The van der Waals surface area contributed by atoms with Gasteiger partial charge >= 0.3 is 0 Å². The lowest BCUT2D eigenvalue weighted by Gasteiger charge is -2.12. The second-order valence-corrected chi connectivity index (χ2v) is 7.46. The topological polar surface area (TPSA) is 106 Å². The molecule has 2 heterocycles. The summed E-state index contributed by atoms with van der Waals surface area (Å²) in [6.45, 7) is 0. The molecule has 23 heavy (non-hydrogen) atoms. The van der Waals surface area contributed by atoms with Gasteiger partial charge in [0, 0.05) is 6.04 Å². The van der Waals surface area contributed by atoms with Crippen molar-refractivity contribution >= 4 is 27.3 Å². The van der Waals surface area contributed by atoms with Gasteiger partial charge < -0.3 is 15.4 Å². The smallest absolute Gasteiger partial charge is 0.249 e. The van der Waals surface area contributed by atoms with Gasteiger partial charge in [-0.05, 0) is 18.6 Å². The van der Waals surface area contributed by atoms with Gasteiger partial charge in [0.1, 0.15) is 5.75 Å². The number of anilines is 3. The van der Waals surface area contributed by atoms with Crippen LogP contribution in [0.2, 0.25) is 0 Å². The summed E-state index contributed by atoms with van der Waals surface area (Å²) >= 11 is 0. The second kappa shape index (κ2) is 6.37. The third-order valence-electron chi connectivity index (χ3n) is 3.50. The molecule has 9 heteroatoms. The maximum Gasteiger partial charge on any atom is 0.249 e. The zero-order chi connectivity index (χ0) is 16.3. The van der Waals surface area contributed by atoms with Gasteiger partial charge in [-0.3, -0.25) is 0 Å². The molecule has 2 N–H and O–H groups in total. The van der Waals surface area contributed by atoms with E-state index >= 15 is 0 Å². The maximum atomic E-state index is 11.5. The number of para-hydroxylation sites is 2. The monoisotopic (exact) mass is 335 g/mol. The van der Waals surface area contributed by atoms with Gasteiger partial charge in [-0.25, -0.2) is 8.42 Å². The third kappa shape index (κ3) is 3.86. The summed E-state index contributed by atoms with van der Waals surface area (Å²) in [4.78, 5) is 4.31. The van der Waals surface area contributed by atoms with E-state index in [1.165, 1.54) is 6.20 Å². The zero-order valence-corrected chi connectivity index (χ0v) is 13.4. The molecule has 1 aromatic carbocycles. The van der Waals surface area contributed by atoms with Crippen LogP contribution in [0.3, 0.4) is 0 Å². The summed E-state index contributed by atoms with van der Waals surface area (Å²) in [6, 6.07) is 7.24. The second-order valence-electron chi connectivity index (χ2n) is 5.23. The zero-order valence-electron chi connectivity index (χ0n) is 12.6. The number of hydrogen-bond donors (Lipinski definition) is 2. The predicted octanol–water partition coefficient (Wildman–Crippen LogP) is 1.22. The summed E-state index contributed by atoms with van der Waals surface area (Å²) in [5.41, 5.74) is 0.720. The Kier molecular flexibility index (Phi) is 4.28. The average molecular weight is 335 g/mol. The molecule has 0 amide bonds. The Morgan fingerprint density at radius 2 is 2.13 bits per heavy atom. The van der Waals surface area contributed by atoms with Crippen molar-refractivity contribution in [1.29, 1.82) is 0 Å². The number of sulfone groups is 1. The maximum absolute atomic E-state index is 11.5. The van der Waals surface area contributed by atoms with Crippen molar-refractivity contribution in [2.45, 2.75) is 12.5 Å². The lowest BCUT2D eigenvalue weighted by molar-refractivity contribution is 0.417. The fourth-order valence-electron chi connectivity index (χ4n) is 2.41.